The smallest absolute Gasteiger partial charge is 0.410 e. The van der Waals surface area contributed by atoms with Crippen LogP contribution >= 0.6 is 0 Å². The van der Waals surface area contributed by atoms with E-state index in [4.69, 9.17) is 24.7 Å². The molecule has 2 heterocycles. The highest BCUT2D eigenvalue weighted by Crippen LogP contribution is 2.19. The van der Waals surface area contributed by atoms with Gasteiger partial charge in [-0.15, -0.1) is 0 Å². The van der Waals surface area contributed by atoms with Gasteiger partial charge in [0.05, 0.1) is 25.3 Å². The summed E-state index contributed by atoms with van der Waals surface area (Å²) in [5.74, 6) is 0.447. The summed E-state index contributed by atoms with van der Waals surface area (Å²) >= 11 is 0. The van der Waals surface area contributed by atoms with Crippen LogP contribution in [0.2, 0.25) is 0 Å². The van der Waals surface area contributed by atoms with Crippen molar-refractivity contribution in [2.75, 3.05) is 40.4 Å². The van der Waals surface area contributed by atoms with E-state index in [0.717, 1.165) is 30.5 Å². The molecule has 0 saturated carbocycles. The third-order valence-corrected chi connectivity index (χ3v) is 6.66. The minimum absolute atomic E-state index is 0.00646. The van der Waals surface area contributed by atoms with E-state index in [9.17, 15) is 9.59 Å². The zero-order chi connectivity index (χ0) is 27.3. The lowest BCUT2D eigenvalue weighted by molar-refractivity contribution is 0.00550. The number of piperidine rings is 2. The first-order chi connectivity index (χ1) is 18.4. The Morgan fingerprint density at radius 3 is 1.66 bits per heavy atom. The van der Waals surface area contributed by atoms with Crippen LogP contribution in [0.4, 0.5) is 9.59 Å². The SMILES string of the molecule is CO[C@@H]1C[C@H](C)CN(C(=O)OCc2ccccc2)C1.CO[C@@H]1C[C@H](N)CN(C(=O)OCc2ccccc2)C1. The number of methoxy groups -OCH3 is 2. The van der Waals surface area contributed by atoms with Crippen molar-refractivity contribution in [1.82, 2.24) is 9.80 Å². The molecule has 2 aromatic rings. The van der Waals surface area contributed by atoms with Crippen molar-refractivity contribution in [2.24, 2.45) is 11.7 Å². The van der Waals surface area contributed by atoms with Crippen molar-refractivity contribution in [3.8, 4) is 0 Å². The number of nitrogens with two attached hydrogens (primary N) is 1. The maximum atomic E-state index is 12.0. The zero-order valence-electron chi connectivity index (χ0n) is 22.7. The van der Waals surface area contributed by atoms with Gasteiger partial charge in [0.1, 0.15) is 13.2 Å². The van der Waals surface area contributed by atoms with E-state index in [1.54, 1.807) is 24.0 Å². The van der Waals surface area contributed by atoms with Crippen LogP contribution in [0.3, 0.4) is 0 Å². The van der Waals surface area contributed by atoms with Gasteiger partial charge in [0, 0.05) is 33.4 Å². The van der Waals surface area contributed by atoms with Gasteiger partial charge in [-0.1, -0.05) is 67.6 Å². The van der Waals surface area contributed by atoms with Crippen molar-refractivity contribution in [3.63, 3.8) is 0 Å². The first-order valence-corrected chi connectivity index (χ1v) is 13.1. The highest BCUT2D eigenvalue weighted by molar-refractivity contribution is 5.68. The number of carbonyl (C=O) groups is 2. The molecule has 0 aromatic heterocycles. The lowest BCUT2D eigenvalue weighted by atomic mass is 9.98. The Morgan fingerprint density at radius 2 is 1.18 bits per heavy atom. The van der Waals surface area contributed by atoms with Gasteiger partial charge in [-0.05, 0) is 29.9 Å². The molecule has 0 bridgehead atoms. The number of carbonyl (C=O) groups excluding carboxylic acids is 2. The van der Waals surface area contributed by atoms with Crippen LogP contribution in [0.25, 0.3) is 0 Å². The molecule has 38 heavy (non-hydrogen) atoms. The lowest BCUT2D eigenvalue weighted by Crippen LogP contribution is -2.52. The van der Waals surface area contributed by atoms with E-state index in [-0.39, 0.29) is 37.0 Å². The Labute approximate surface area is 225 Å². The van der Waals surface area contributed by atoms with Crippen LogP contribution in [0.5, 0.6) is 0 Å². The molecular formula is C29H41N3O6. The van der Waals surface area contributed by atoms with Gasteiger partial charge in [0.25, 0.3) is 0 Å². The van der Waals surface area contributed by atoms with Gasteiger partial charge >= 0.3 is 12.2 Å². The average molecular weight is 528 g/mol. The molecule has 0 unspecified atom stereocenters. The predicted octanol–water partition coefficient (Wildman–Crippen LogP) is 4.05. The summed E-state index contributed by atoms with van der Waals surface area (Å²) < 4.78 is 21.3. The van der Waals surface area contributed by atoms with Gasteiger partial charge in [-0.3, -0.25) is 0 Å². The van der Waals surface area contributed by atoms with Crippen LogP contribution in [-0.2, 0) is 32.2 Å². The third-order valence-electron chi connectivity index (χ3n) is 6.66. The Bertz CT molecular complexity index is 897. The minimum Gasteiger partial charge on any atom is -0.445 e. The molecule has 9 nitrogen and oxygen atoms in total. The van der Waals surface area contributed by atoms with Crippen molar-refractivity contribution in [2.45, 2.75) is 51.2 Å². The molecule has 4 atom stereocenters. The Balaban J connectivity index is 0.000000211. The first-order valence-electron chi connectivity index (χ1n) is 13.1. The van der Waals surface area contributed by atoms with Crippen LogP contribution in [0.1, 0.15) is 30.9 Å². The van der Waals surface area contributed by atoms with Gasteiger partial charge in [-0.25, -0.2) is 9.59 Å². The molecule has 2 fully saturated rings. The fourth-order valence-corrected chi connectivity index (χ4v) is 4.65. The molecule has 0 radical (unpaired) electrons. The van der Waals surface area contributed by atoms with E-state index in [1.165, 1.54) is 0 Å². The third kappa shape index (κ3) is 9.63. The summed E-state index contributed by atoms with van der Waals surface area (Å²) in [4.78, 5) is 27.4. The summed E-state index contributed by atoms with van der Waals surface area (Å²) in [5, 5.41) is 0. The Morgan fingerprint density at radius 1 is 0.737 bits per heavy atom. The predicted molar refractivity (Wildman–Crippen MR) is 144 cm³/mol. The van der Waals surface area contributed by atoms with Crippen LogP contribution in [-0.4, -0.2) is 80.6 Å². The highest BCUT2D eigenvalue weighted by Gasteiger charge is 2.29. The van der Waals surface area contributed by atoms with E-state index in [2.05, 4.69) is 6.92 Å². The van der Waals surface area contributed by atoms with E-state index >= 15 is 0 Å². The fraction of sp³-hybridized carbons (Fsp3) is 0.517. The second kappa shape index (κ2) is 15.3. The van der Waals surface area contributed by atoms with Crippen LogP contribution in [0.15, 0.2) is 60.7 Å². The maximum Gasteiger partial charge on any atom is 0.410 e. The average Bonchev–Trinajstić information content (AvgIpc) is 2.95. The molecular weight excluding hydrogens is 486 g/mol. The first kappa shape index (κ1) is 29.4. The summed E-state index contributed by atoms with van der Waals surface area (Å²) in [6.45, 7) is 5.15. The molecule has 4 rings (SSSR count). The van der Waals surface area contributed by atoms with Crippen molar-refractivity contribution in [1.29, 1.82) is 0 Å². The topological polar surface area (TPSA) is 104 Å². The standard InChI is InChI=1S/C15H21NO3.C14H20N2O3/c1-12-8-14(18-2)10-16(9-12)15(17)19-11-13-6-4-3-5-7-13;1-18-13-7-12(15)8-16(9-13)14(17)19-10-11-5-3-2-4-6-11/h3-7,12,14H,8-11H2,1-2H3;2-6,12-13H,7-10,15H2,1H3/t12-,14+;12-,13+/m00/s1. The van der Waals surface area contributed by atoms with Crippen molar-refractivity contribution < 1.29 is 28.5 Å². The van der Waals surface area contributed by atoms with E-state index < -0.39 is 0 Å². The molecule has 2 saturated heterocycles. The van der Waals surface area contributed by atoms with Gasteiger partial charge in [-0.2, -0.15) is 0 Å². The molecule has 208 valence electrons. The summed E-state index contributed by atoms with van der Waals surface area (Å²) in [5.41, 5.74) is 7.88. The van der Waals surface area contributed by atoms with Crippen molar-refractivity contribution in [3.05, 3.63) is 71.8 Å². The number of ether oxygens (including phenoxy) is 4. The molecule has 0 aliphatic carbocycles. The Kier molecular flexibility index (Phi) is 11.9. The fourth-order valence-electron chi connectivity index (χ4n) is 4.65. The number of rotatable bonds is 6. The second-order valence-electron chi connectivity index (χ2n) is 9.94. The van der Waals surface area contributed by atoms with Crippen LogP contribution in [0, 0.1) is 5.92 Å². The quantitative estimate of drug-likeness (QED) is 0.604. The number of nitrogens with zero attached hydrogens (tertiary/aromatic N) is 2. The number of amides is 2. The second-order valence-corrected chi connectivity index (χ2v) is 9.94. The van der Waals surface area contributed by atoms with Crippen molar-refractivity contribution >= 4 is 12.2 Å². The van der Waals surface area contributed by atoms with Gasteiger partial charge < -0.3 is 34.5 Å². The number of likely N-dealkylation sites (tertiary alicyclic amines) is 2. The minimum atomic E-state index is -0.332. The van der Waals surface area contributed by atoms with Gasteiger partial charge in [0.2, 0.25) is 0 Å². The van der Waals surface area contributed by atoms with E-state index in [0.29, 0.717) is 32.2 Å². The normalized spacial score (nSPS) is 23.2. The maximum absolute atomic E-state index is 12.0. The number of hydrogen-bond donors (Lipinski definition) is 1. The molecule has 2 N–H and O–H groups in total. The molecule has 9 heteroatoms. The molecule has 2 amide bonds. The monoisotopic (exact) mass is 527 g/mol. The summed E-state index contributed by atoms with van der Waals surface area (Å²) in [6, 6.07) is 19.3. The van der Waals surface area contributed by atoms with Gasteiger partial charge in [0.15, 0.2) is 0 Å². The molecule has 0 spiro atoms. The Hall–Kier alpha value is -3.14. The zero-order valence-corrected chi connectivity index (χ0v) is 22.7. The molecule has 2 aromatic carbocycles. The molecule has 2 aliphatic rings. The van der Waals surface area contributed by atoms with Crippen LogP contribution < -0.4 is 5.73 Å². The number of hydrogen-bond acceptors (Lipinski definition) is 7. The molecule has 2 aliphatic heterocycles. The lowest BCUT2D eigenvalue weighted by Gasteiger charge is -2.34. The van der Waals surface area contributed by atoms with E-state index in [1.807, 2.05) is 60.7 Å². The number of benzene rings is 2. The summed E-state index contributed by atoms with van der Waals surface area (Å²) in [7, 11) is 3.33. The largest absolute Gasteiger partial charge is 0.445 e. The summed E-state index contributed by atoms with van der Waals surface area (Å²) in [6.07, 6.45) is 1.30. The highest BCUT2D eigenvalue weighted by atomic mass is 16.6.